The van der Waals surface area contributed by atoms with E-state index in [2.05, 4.69) is 83.0 Å². The van der Waals surface area contributed by atoms with Crippen molar-refractivity contribution in [2.75, 3.05) is 31.5 Å². The molecule has 3 aromatic carbocycles. The van der Waals surface area contributed by atoms with Gasteiger partial charge in [-0.15, -0.1) is 0 Å². The topological polar surface area (TPSA) is 35.6 Å². The van der Waals surface area contributed by atoms with E-state index >= 15 is 0 Å². The summed E-state index contributed by atoms with van der Waals surface area (Å²) >= 11 is 0. The molecule has 31 heavy (non-hydrogen) atoms. The van der Waals surface area contributed by atoms with Crippen LogP contribution >= 0.6 is 0 Å². The van der Waals surface area contributed by atoms with Crippen LogP contribution in [0.15, 0.2) is 78.9 Å². The van der Waals surface area contributed by atoms with Gasteiger partial charge in [-0.1, -0.05) is 66.7 Å². The van der Waals surface area contributed by atoms with Crippen LogP contribution in [-0.2, 0) is 12.8 Å². The first-order chi connectivity index (χ1) is 15.3. The summed E-state index contributed by atoms with van der Waals surface area (Å²) in [5, 5.41) is 3.12. The van der Waals surface area contributed by atoms with E-state index in [1.807, 2.05) is 11.0 Å². The maximum atomic E-state index is 12.9. The van der Waals surface area contributed by atoms with Crippen molar-refractivity contribution in [2.24, 2.45) is 0 Å². The zero-order valence-corrected chi connectivity index (χ0v) is 17.8. The van der Waals surface area contributed by atoms with Crippen LogP contribution in [0.4, 0.5) is 10.5 Å². The highest BCUT2D eigenvalue weighted by Crippen LogP contribution is 2.30. The van der Waals surface area contributed by atoms with Crippen LogP contribution in [0.5, 0.6) is 0 Å². The number of benzene rings is 3. The van der Waals surface area contributed by atoms with E-state index in [4.69, 9.17) is 0 Å². The van der Waals surface area contributed by atoms with Gasteiger partial charge in [-0.05, 0) is 53.6 Å². The van der Waals surface area contributed by atoms with Gasteiger partial charge in [-0.25, -0.2) is 4.79 Å². The molecule has 0 radical (unpaired) electrons. The number of carbonyl (C=O) groups excluding carboxylic acids is 1. The Balaban J connectivity index is 1.26. The van der Waals surface area contributed by atoms with Crippen molar-refractivity contribution in [3.05, 3.63) is 101 Å². The molecular formula is C27H29N3O. The standard InChI is InChI=1S/C27H29N3O/c31-27(28-25-15-14-21-12-7-13-24(21)20-25)30-18-16-29(17-19-30)26(22-8-3-1-4-9-22)23-10-5-2-6-11-23/h1-6,8-11,14-15,20,26H,7,12-13,16-19H2,(H,28,31). The number of fused-ring (bicyclic) bond motifs is 1. The molecule has 158 valence electrons. The smallest absolute Gasteiger partial charge is 0.321 e. The number of carbonyl (C=O) groups is 1. The summed E-state index contributed by atoms with van der Waals surface area (Å²) in [5.74, 6) is 0. The molecule has 5 rings (SSSR count). The molecule has 0 atom stereocenters. The average Bonchev–Trinajstić information content (AvgIpc) is 3.29. The minimum absolute atomic E-state index is 0.00793. The van der Waals surface area contributed by atoms with Crippen LogP contribution in [0.3, 0.4) is 0 Å². The van der Waals surface area contributed by atoms with E-state index < -0.39 is 0 Å². The molecule has 1 heterocycles. The predicted molar refractivity (Wildman–Crippen MR) is 125 cm³/mol. The molecular weight excluding hydrogens is 382 g/mol. The molecule has 4 heteroatoms. The third-order valence-electron chi connectivity index (χ3n) is 6.55. The number of anilines is 1. The molecule has 0 spiro atoms. The van der Waals surface area contributed by atoms with Crippen LogP contribution in [0.1, 0.15) is 34.7 Å². The molecule has 0 unspecified atom stereocenters. The van der Waals surface area contributed by atoms with E-state index in [0.29, 0.717) is 0 Å². The fourth-order valence-corrected chi connectivity index (χ4v) is 4.92. The third kappa shape index (κ3) is 4.35. The molecule has 1 fully saturated rings. The predicted octanol–water partition coefficient (Wildman–Crippen LogP) is 5.11. The maximum absolute atomic E-state index is 12.9. The van der Waals surface area contributed by atoms with E-state index in [0.717, 1.165) is 44.7 Å². The van der Waals surface area contributed by atoms with Gasteiger partial charge in [-0.2, -0.15) is 0 Å². The zero-order valence-electron chi connectivity index (χ0n) is 17.8. The lowest BCUT2D eigenvalue weighted by Gasteiger charge is -2.39. The average molecular weight is 412 g/mol. The summed E-state index contributed by atoms with van der Waals surface area (Å²) in [6, 6.07) is 27.9. The number of nitrogens with zero attached hydrogens (tertiary/aromatic N) is 2. The fraction of sp³-hybridized carbons (Fsp3) is 0.296. The second kappa shape index (κ2) is 8.94. The number of rotatable bonds is 4. The summed E-state index contributed by atoms with van der Waals surface area (Å²) in [7, 11) is 0. The van der Waals surface area contributed by atoms with Crippen LogP contribution in [0, 0.1) is 0 Å². The SMILES string of the molecule is O=C(Nc1ccc2c(c1)CCC2)N1CCN(C(c2ccccc2)c2ccccc2)CC1. The Morgan fingerprint density at radius 2 is 1.35 bits per heavy atom. The van der Waals surface area contributed by atoms with E-state index in [9.17, 15) is 4.79 Å². The van der Waals surface area contributed by atoms with E-state index in [-0.39, 0.29) is 12.1 Å². The molecule has 1 aliphatic heterocycles. The number of hydrogen-bond acceptors (Lipinski definition) is 2. The Morgan fingerprint density at radius 1 is 0.742 bits per heavy atom. The summed E-state index contributed by atoms with van der Waals surface area (Å²) < 4.78 is 0. The quantitative estimate of drug-likeness (QED) is 0.647. The second-order valence-corrected chi connectivity index (χ2v) is 8.51. The Hall–Kier alpha value is -3.11. The second-order valence-electron chi connectivity index (χ2n) is 8.51. The highest BCUT2D eigenvalue weighted by molar-refractivity contribution is 5.89. The lowest BCUT2D eigenvalue weighted by atomic mass is 9.96. The maximum Gasteiger partial charge on any atom is 0.321 e. The summed E-state index contributed by atoms with van der Waals surface area (Å²) in [5.41, 5.74) is 6.32. The molecule has 2 amide bonds. The highest BCUT2D eigenvalue weighted by Gasteiger charge is 2.28. The molecule has 1 aliphatic carbocycles. The normalized spacial score (nSPS) is 16.4. The van der Waals surface area contributed by atoms with Crippen LogP contribution in [0.2, 0.25) is 0 Å². The molecule has 3 aromatic rings. The van der Waals surface area contributed by atoms with Gasteiger partial charge in [0.15, 0.2) is 0 Å². The number of urea groups is 1. The van der Waals surface area contributed by atoms with Crippen molar-refractivity contribution in [2.45, 2.75) is 25.3 Å². The number of nitrogens with one attached hydrogen (secondary N) is 1. The van der Waals surface area contributed by atoms with Gasteiger partial charge in [0, 0.05) is 31.9 Å². The number of hydrogen-bond donors (Lipinski definition) is 1. The minimum Gasteiger partial charge on any atom is -0.322 e. The molecule has 1 saturated heterocycles. The van der Waals surface area contributed by atoms with Crippen LogP contribution < -0.4 is 5.32 Å². The van der Waals surface area contributed by atoms with Crippen molar-refractivity contribution >= 4 is 11.7 Å². The van der Waals surface area contributed by atoms with Gasteiger partial charge < -0.3 is 10.2 Å². The van der Waals surface area contributed by atoms with E-state index in [1.165, 1.54) is 28.7 Å². The monoisotopic (exact) mass is 411 g/mol. The first-order valence-electron chi connectivity index (χ1n) is 11.3. The van der Waals surface area contributed by atoms with Gasteiger partial charge in [0.2, 0.25) is 0 Å². The van der Waals surface area contributed by atoms with Crippen LogP contribution in [0.25, 0.3) is 0 Å². The molecule has 0 bridgehead atoms. The lowest BCUT2D eigenvalue weighted by molar-refractivity contribution is 0.126. The van der Waals surface area contributed by atoms with Gasteiger partial charge >= 0.3 is 6.03 Å². The van der Waals surface area contributed by atoms with Gasteiger partial charge in [0.1, 0.15) is 0 Å². The molecule has 0 saturated carbocycles. The Kier molecular flexibility index (Phi) is 5.72. The Labute approximate surface area is 184 Å². The molecule has 2 aliphatic rings. The summed E-state index contributed by atoms with van der Waals surface area (Å²) in [6.45, 7) is 3.16. The molecule has 1 N–H and O–H groups in total. The van der Waals surface area contributed by atoms with Gasteiger partial charge in [-0.3, -0.25) is 4.90 Å². The number of aryl methyl sites for hydroxylation is 2. The van der Waals surface area contributed by atoms with Crippen molar-refractivity contribution in [3.63, 3.8) is 0 Å². The van der Waals surface area contributed by atoms with Gasteiger partial charge in [0.05, 0.1) is 6.04 Å². The first-order valence-corrected chi connectivity index (χ1v) is 11.3. The minimum atomic E-state index is 0.00793. The fourth-order valence-electron chi connectivity index (χ4n) is 4.92. The first kappa shape index (κ1) is 19.8. The lowest BCUT2D eigenvalue weighted by Crippen LogP contribution is -2.51. The molecule has 0 aromatic heterocycles. The summed E-state index contributed by atoms with van der Waals surface area (Å²) in [4.78, 5) is 17.3. The largest absolute Gasteiger partial charge is 0.322 e. The zero-order chi connectivity index (χ0) is 21.0. The highest BCUT2D eigenvalue weighted by atomic mass is 16.2. The summed E-state index contributed by atoms with van der Waals surface area (Å²) in [6.07, 6.45) is 3.51. The van der Waals surface area contributed by atoms with Crippen molar-refractivity contribution < 1.29 is 4.79 Å². The number of piperazine rings is 1. The van der Waals surface area contributed by atoms with Crippen molar-refractivity contribution in [1.29, 1.82) is 0 Å². The van der Waals surface area contributed by atoms with Crippen LogP contribution in [-0.4, -0.2) is 42.0 Å². The Bertz CT molecular complexity index is 987. The molecule has 4 nitrogen and oxygen atoms in total. The Morgan fingerprint density at radius 3 is 2.00 bits per heavy atom. The van der Waals surface area contributed by atoms with Gasteiger partial charge in [0.25, 0.3) is 0 Å². The van der Waals surface area contributed by atoms with Crippen molar-refractivity contribution in [1.82, 2.24) is 9.80 Å². The van der Waals surface area contributed by atoms with Crippen molar-refractivity contribution in [3.8, 4) is 0 Å². The number of amides is 2. The van der Waals surface area contributed by atoms with E-state index in [1.54, 1.807) is 0 Å². The third-order valence-corrected chi connectivity index (χ3v) is 6.55.